The third-order valence-corrected chi connectivity index (χ3v) is 6.65. The zero-order chi connectivity index (χ0) is 24.4. The molecule has 8 heteroatoms. The Morgan fingerprint density at radius 3 is 2.41 bits per heavy atom. The van der Waals surface area contributed by atoms with Crippen LogP contribution < -0.4 is 16.0 Å². The number of phenols is 1. The molecule has 8 nitrogen and oxygen atoms in total. The fourth-order valence-corrected chi connectivity index (χ4v) is 5.02. The molecule has 3 heterocycles. The van der Waals surface area contributed by atoms with Crippen LogP contribution in [0.5, 0.6) is 11.5 Å². The standard InChI is InChI=1S/C26H27N3O5/c1-26(2)14-34-23(16-12-9-13-17(33-5)22(16)30)21-20-18(24(31)28(4)25(32)27(20)3)19(29(21)26)15-10-7-6-8-11-15/h6-13,23,30H,14H2,1-5H3. The number of aromatic hydroxyl groups is 1. The van der Waals surface area contributed by atoms with Gasteiger partial charge in [-0.2, -0.15) is 0 Å². The molecule has 1 aliphatic rings. The molecule has 0 saturated heterocycles. The molecule has 4 aromatic rings. The number of aryl methyl sites for hydroxylation is 1. The molecule has 1 atom stereocenters. The SMILES string of the molecule is COc1cccc(C2OCC(C)(C)n3c(-c4ccccc4)c4c(=O)n(C)c(=O)n(C)c4c32)c1O. The Kier molecular flexibility index (Phi) is 4.95. The van der Waals surface area contributed by atoms with Crippen LogP contribution in [0.15, 0.2) is 58.1 Å². The third kappa shape index (κ3) is 2.95. The number of benzene rings is 2. The molecule has 0 spiro atoms. The molecule has 0 aliphatic carbocycles. The van der Waals surface area contributed by atoms with Crippen molar-refractivity contribution in [1.82, 2.24) is 13.7 Å². The van der Waals surface area contributed by atoms with E-state index < -0.39 is 17.3 Å². The molecule has 176 valence electrons. The van der Waals surface area contributed by atoms with E-state index in [4.69, 9.17) is 9.47 Å². The van der Waals surface area contributed by atoms with Crippen LogP contribution in [0.2, 0.25) is 0 Å². The van der Waals surface area contributed by atoms with Crippen LogP contribution in [0.1, 0.15) is 31.2 Å². The smallest absolute Gasteiger partial charge is 0.331 e. The summed E-state index contributed by atoms with van der Waals surface area (Å²) in [4.78, 5) is 26.6. The van der Waals surface area contributed by atoms with Crippen LogP contribution >= 0.6 is 0 Å². The van der Waals surface area contributed by atoms with Crippen molar-refractivity contribution in [2.24, 2.45) is 14.1 Å². The lowest BCUT2D eigenvalue weighted by Gasteiger charge is -2.39. The number of methoxy groups -OCH3 is 1. The van der Waals surface area contributed by atoms with Crippen molar-refractivity contribution in [2.45, 2.75) is 25.5 Å². The number of para-hydroxylation sites is 1. The first-order chi connectivity index (χ1) is 16.2. The second-order valence-electron chi connectivity index (χ2n) is 9.27. The van der Waals surface area contributed by atoms with Gasteiger partial charge in [-0.05, 0) is 25.5 Å². The van der Waals surface area contributed by atoms with E-state index in [2.05, 4.69) is 4.57 Å². The van der Waals surface area contributed by atoms with Gasteiger partial charge in [0.05, 0.1) is 41.5 Å². The Morgan fingerprint density at radius 1 is 1.03 bits per heavy atom. The van der Waals surface area contributed by atoms with E-state index in [9.17, 15) is 14.7 Å². The van der Waals surface area contributed by atoms with Gasteiger partial charge in [0.2, 0.25) is 0 Å². The van der Waals surface area contributed by atoms with Gasteiger partial charge in [0, 0.05) is 19.7 Å². The van der Waals surface area contributed by atoms with E-state index in [0.717, 1.165) is 15.8 Å². The number of hydrogen-bond donors (Lipinski definition) is 1. The van der Waals surface area contributed by atoms with Gasteiger partial charge in [0.15, 0.2) is 11.5 Å². The summed E-state index contributed by atoms with van der Waals surface area (Å²) in [7, 11) is 4.63. The van der Waals surface area contributed by atoms with Gasteiger partial charge in [-0.3, -0.25) is 13.9 Å². The number of fused-ring (bicyclic) bond motifs is 3. The number of nitrogens with zero attached hydrogens (tertiary/aromatic N) is 3. The van der Waals surface area contributed by atoms with Gasteiger partial charge < -0.3 is 19.1 Å². The Morgan fingerprint density at radius 2 is 1.74 bits per heavy atom. The van der Waals surface area contributed by atoms with E-state index in [1.807, 2.05) is 44.2 Å². The van der Waals surface area contributed by atoms with Crippen LogP contribution in [-0.4, -0.2) is 32.5 Å². The number of aromatic nitrogens is 3. The highest BCUT2D eigenvalue weighted by Crippen LogP contribution is 2.48. The van der Waals surface area contributed by atoms with Gasteiger partial charge >= 0.3 is 5.69 Å². The third-order valence-electron chi connectivity index (χ3n) is 6.65. The molecule has 0 amide bonds. The number of hydrogen-bond acceptors (Lipinski definition) is 5. The molecule has 0 bridgehead atoms. The molecule has 0 fully saturated rings. The molecule has 0 radical (unpaired) electrons. The molecule has 34 heavy (non-hydrogen) atoms. The van der Waals surface area contributed by atoms with Crippen molar-refractivity contribution >= 4 is 10.9 Å². The predicted octanol–water partition coefficient (Wildman–Crippen LogP) is 3.27. The second kappa shape index (κ2) is 7.63. The highest BCUT2D eigenvalue weighted by Gasteiger charge is 2.41. The summed E-state index contributed by atoms with van der Waals surface area (Å²) < 4.78 is 16.4. The van der Waals surface area contributed by atoms with Crippen LogP contribution in [0.4, 0.5) is 0 Å². The maximum Gasteiger partial charge on any atom is 0.331 e. The van der Waals surface area contributed by atoms with Crippen molar-refractivity contribution in [2.75, 3.05) is 13.7 Å². The highest BCUT2D eigenvalue weighted by atomic mass is 16.5. The van der Waals surface area contributed by atoms with E-state index in [-0.39, 0.29) is 11.3 Å². The molecular weight excluding hydrogens is 434 g/mol. The Bertz CT molecular complexity index is 1540. The highest BCUT2D eigenvalue weighted by molar-refractivity contribution is 5.96. The minimum atomic E-state index is -0.721. The van der Waals surface area contributed by atoms with Crippen molar-refractivity contribution in [3.8, 4) is 22.8 Å². The van der Waals surface area contributed by atoms with Gasteiger partial charge in [-0.25, -0.2) is 4.79 Å². The zero-order valence-corrected chi connectivity index (χ0v) is 19.8. The average Bonchev–Trinajstić information content (AvgIpc) is 3.20. The van der Waals surface area contributed by atoms with Crippen molar-refractivity contribution in [1.29, 1.82) is 0 Å². The minimum absolute atomic E-state index is 0.0364. The first-order valence-electron chi connectivity index (χ1n) is 11.1. The van der Waals surface area contributed by atoms with Crippen LogP contribution in [-0.2, 0) is 24.4 Å². The lowest BCUT2D eigenvalue weighted by Crippen LogP contribution is -2.40. The summed E-state index contributed by atoms with van der Waals surface area (Å²) in [5.74, 6) is 0.284. The Balaban J connectivity index is 2.01. The summed E-state index contributed by atoms with van der Waals surface area (Å²) in [6.45, 7) is 4.40. The van der Waals surface area contributed by atoms with E-state index >= 15 is 0 Å². The fourth-order valence-electron chi connectivity index (χ4n) is 5.02. The van der Waals surface area contributed by atoms with Crippen molar-refractivity contribution < 1.29 is 14.6 Å². The average molecular weight is 462 g/mol. The molecule has 0 saturated carbocycles. The number of phenolic OH excluding ortho intramolecular Hbond substituents is 1. The summed E-state index contributed by atoms with van der Waals surface area (Å²) in [6.07, 6.45) is -0.721. The normalized spacial score (nSPS) is 17.0. The molecule has 5 rings (SSSR count). The lowest BCUT2D eigenvalue weighted by molar-refractivity contribution is -0.00810. The zero-order valence-electron chi connectivity index (χ0n) is 19.8. The predicted molar refractivity (Wildman–Crippen MR) is 130 cm³/mol. The monoisotopic (exact) mass is 461 g/mol. The number of ether oxygens (including phenoxy) is 2. The summed E-state index contributed by atoms with van der Waals surface area (Å²) in [5, 5.41) is 11.4. The summed E-state index contributed by atoms with van der Waals surface area (Å²) in [5.41, 5.74) is 1.89. The van der Waals surface area contributed by atoms with E-state index in [1.165, 1.54) is 18.7 Å². The first-order valence-corrected chi connectivity index (χ1v) is 11.1. The van der Waals surface area contributed by atoms with E-state index in [0.29, 0.717) is 34.5 Å². The topological polar surface area (TPSA) is 87.6 Å². The second-order valence-corrected chi connectivity index (χ2v) is 9.27. The van der Waals surface area contributed by atoms with Gasteiger partial charge in [-0.1, -0.05) is 42.5 Å². The largest absolute Gasteiger partial charge is 0.504 e. The lowest BCUT2D eigenvalue weighted by atomic mass is 9.97. The van der Waals surface area contributed by atoms with Crippen LogP contribution in [0, 0.1) is 0 Å². The molecule has 2 aromatic heterocycles. The molecular formula is C26H27N3O5. The minimum Gasteiger partial charge on any atom is -0.504 e. The van der Waals surface area contributed by atoms with Crippen LogP contribution in [0.25, 0.3) is 22.2 Å². The van der Waals surface area contributed by atoms with Gasteiger partial charge in [-0.15, -0.1) is 0 Å². The maximum absolute atomic E-state index is 13.6. The fraction of sp³-hybridized carbons (Fsp3) is 0.308. The Hall–Kier alpha value is -3.78. The Labute approximate surface area is 196 Å². The maximum atomic E-state index is 13.6. The molecule has 1 aliphatic heterocycles. The van der Waals surface area contributed by atoms with Crippen molar-refractivity contribution in [3.63, 3.8) is 0 Å². The molecule has 2 aromatic carbocycles. The number of rotatable bonds is 3. The van der Waals surface area contributed by atoms with E-state index in [1.54, 1.807) is 25.2 Å². The molecule has 1 unspecified atom stereocenters. The van der Waals surface area contributed by atoms with Crippen LogP contribution in [0.3, 0.4) is 0 Å². The van der Waals surface area contributed by atoms with Gasteiger partial charge in [0.1, 0.15) is 6.10 Å². The summed E-state index contributed by atoms with van der Waals surface area (Å²) >= 11 is 0. The summed E-state index contributed by atoms with van der Waals surface area (Å²) in [6, 6.07) is 14.9. The van der Waals surface area contributed by atoms with Gasteiger partial charge in [0.25, 0.3) is 5.56 Å². The van der Waals surface area contributed by atoms with Crippen molar-refractivity contribution in [3.05, 3.63) is 80.6 Å². The first kappa shape index (κ1) is 22.0. The molecule has 1 N–H and O–H groups in total. The quantitative estimate of drug-likeness (QED) is 0.506.